The van der Waals surface area contributed by atoms with Gasteiger partial charge in [0.15, 0.2) is 0 Å². The number of likely N-dealkylation sites (N-methyl/N-ethyl adjacent to an activating group) is 1. The lowest BCUT2D eigenvalue weighted by Crippen LogP contribution is -2.41. The van der Waals surface area contributed by atoms with Crippen LogP contribution in [-0.2, 0) is 27.8 Å². The Bertz CT molecular complexity index is 1090. The summed E-state index contributed by atoms with van der Waals surface area (Å²) in [5.41, 5.74) is 2.06. The quantitative estimate of drug-likeness (QED) is 0.510. The third kappa shape index (κ3) is 6.23. The molecule has 0 radical (unpaired) electrons. The van der Waals surface area contributed by atoms with E-state index in [0.29, 0.717) is 19.5 Å². The molecule has 5 nitrogen and oxygen atoms in total. The van der Waals surface area contributed by atoms with Crippen molar-refractivity contribution in [1.82, 2.24) is 9.21 Å². The van der Waals surface area contributed by atoms with Crippen LogP contribution in [0.25, 0.3) is 0 Å². The minimum Gasteiger partial charge on any atom is -0.337 e. The molecule has 0 N–H and O–H groups in total. The highest BCUT2D eigenvalue weighted by Gasteiger charge is 2.25. The number of amides is 1. The molecule has 0 unspecified atom stereocenters. The molecule has 0 aliphatic rings. The maximum Gasteiger partial charge on any atom is 0.243 e. The maximum absolute atomic E-state index is 13.2. The van der Waals surface area contributed by atoms with Crippen molar-refractivity contribution in [3.05, 3.63) is 102 Å². The van der Waals surface area contributed by atoms with Crippen molar-refractivity contribution in [2.45, 2.75) is 17.9 Å². The van der Waals surface area contributed by atoms with Crippen LogP contribution < -0.4 is 0 Å². The lowest BCUT2D eigenvalue weighted by molar-refractivity contribution is -0.131. The van der Waals surface area contributed by atoms with Gasteiger partial charge in [0.05, 0.1) is 11.4 Å². The summed E-state index contributed by atoms with van der Waals surface area (Å²) in [4.78, 5) is 14.7. The second-order valence-electron chi connectivity index (χ2n) is 7.25. The molecule has 3 aromatic carbocycles. The molecule has 0 aliphatic carbocycles. The van der Waals surface area contributed by atoms with Crippen molar-refractivity contribution < 1.29 is 17.6 Å². The first-order valence-electron chi connectivity index (χ1n) is 9.94. The number of carbonyl (C=O) groups is 1. The van der Waals surface area contributed by atoms with Gasteiger partial charge in [-0.25, -0.2) is 12.8 Å². The van der Waals surface area contributed by atoms with E-state index in [1.165, 1.54) is 19.2 Å². The molecule has 0 aliphatic heterocycles. The third-order valence-electron chi connectivity index (χ3n) is 4.96. The second kappa shape index (κ2) is 10.3. The maximum atomic E-state index is 13.2. The third-order valence-corrected chi connectivity index (χ3v) is 6.78. The van der Waals surface area contributed by atoms with E-state index in [2.05, 4.69) is 0 Å². The molecule has 0 atom stereocenters. The van der Waals surface area contributed by atoms with Gasteiger partial charge in [-0.05, 0) is 41.8 Å². The highest BCUT2D eigenvalue weighted by Crippen LogP contribution is 2.16. The Morgan fingerprint density at radius 2 is 1.39 bits per heavy atom. The van der Waals surface area contributed by atoms with Crippen LogP contribution in [0.15, 0.2) is 89.8 Å². The summed E-state index contributed by atoms with van der Waals surface area (Å²) in [6.45, 7) is 0.542. The summed E-state index contributed by atoms with van der Waals surface area (Å²) in [7, 11) is -2.55. The van der Waals surface area contributed by atoms with Gasteiger partial charge < -0.3 is 4.90 Å². The molecule has 0 bridgehead atoms. The monoisotopic (exact) mass is 440 g/mol. The average Bonchev–Trinajstić information content (AvgIpc) is 2.78. The molecule has 31 heavy (non-hydrogen) atoms. The molecule has 0 heterocycles. The van der Waals surface area contributed by atoms with Crippen molar-refractivity contribution in [3.8, 4) is 0 Å². The van der Waals surface area contributed by atoms with E-state index in [1.54, 1.807) is 4.90 Å². The summed E-state index contributed by atoms with van der Waals surface area (Å²) in [6.07, 6.45) is 0.661. The standard InChI is InChI=1S/C24H25FN2O3S/c1-26(31(29,30)23-14-12-22(25)13-15-23)19-24(28)27(18-21-10-6-3-7-11-21)17-16-20-8-4-2-5-9-20/h2-15H,16-19H2,1H3. The highest BCUT2D eigenvalue weighted by molar-refractivity contribution is 7.89. The number of halogens is 1. The number of carbonyl (C=O) groups excluding carboxylic acids is 1. The van der Waals surface area contributed by atoms with Crippen molar-refractivity contribution in [2.24, 2.45) is 0 Å². The van der Waals surface area contributed by atoms with Gasteiger partial charge in [0, 0.05) is 20.1 Å². The Morgan fingerprint density at radius 3 is 1.97 bits per heavy atom. The van der Waals surface area contributed by atoms with E-state index < -0.39 is 15.8 Å². The number of sulfonamides is 1. The van der Waals surface area contributed by atoms with Gasteiger partial charge in [0.2, 0.25) is 15.9 Å². The van der Waals surface area contributed by atoms with Gasteiger partial charge in [0.1, 0.15) is 5.82 Å². The molecular weight excluding hydrogens is 415 g/mol. The van der Waals surface area contributed by atoms with Crippen LogP contribution in [0, 0.1) is 5.82 Å². The zero-order valence-corrected chi connectivity index (χ0v) is 18.1. The van der Waals surface area contributed by atoms with E-state index in [0.717, 1.165) is 27.6 Å². The number of benzene rings is 3. The van der Waals surface area contributed by atoms with Gasteiger partial charge in [0.25, 0.3) is 0 Å². The molecule has 0 saturated heterocycles. The first-order chi connectivity index (χ1) is 14.9. The molecule has 1 amide bonds. The Balaban J connectivity index is 1.73. The molecule has 3 aromatic rings. The molecule has 0 saturated carbocycles. The van der Waals surface area contributed by atoms with Gasteiger partial charge in [-0.15, -0.1) is 0 Å². The minimum atomic E-state index is -3.91. The second-order valence-corrected chi connectivity index (χ2v) is 9.30. The van der Waals surface area contributed by atoms with E-state index in [-0.39, 0.29) is 17.3 Å². The van der Waals surface area contributed by atoms with Crippen LogP contribution in [0.2, 0.25) is 0 Å². The molecule has 0 aromatic heterocycles. The van der Waals surface area contributed by atoms with Crippen LogP contribution in [0.5, 0.6) is 0 Å². The van der Waals surface area contributed by atoms with Crippen molar-refractivity contribution in [2.75, 3.05) is 20.1 Å². The minimum absolute atomic E-state index is 0.0527. The normalized spacial score (nSPS) is 11.5. The smallest absolute Gasteiger partial charge is 0.243 e. The topological polar surface area (TPSA) is 57.7 Å². The fourth-order valence-electron chi connectivity index (χ4n) is 3.17. The van der Waals surface area contributed by atoms with Crippen LogP contribution in [0.4, 0.5) is 4.39 Å². The van der Waals surface area contributed by atoms with Gasteiger partial charge in [-0.1, -0.05) is 60.7 Å². The van der Waals surface area contributed by atoms with E-state index >= 15 is 0 Å². The molecule has 7 heteroatoms. The van der Waals surface area contributed by atoms with Crippen LogP contribution >= 0.6 is 0 Å². The van der Waals surface area contributed by atoms with Gasteiger partial charge in [-0.3, -0.25) is 4.79 Å². The Kier molecular flexibility index (Phi) is 7.55. The number of rotatable bonds is 9. The molecular formula is C24H25FN2O3S. The number of hydrogen-bond acceptors (Lipinski definition) is 3. The number of nitrogens with zero attached hydrogens (tertiary/aromatic N) is 2. The summed E-state index contributed by atoms with van der Waals surface area (Å²) >= 11 is 0. The Labute approximate surface area is 182 Å². The highest BCUT2D eigenvalue weighted by atomic mass is 32.2. The fraction of sp³-hybridized carbons (Fsp3) is 0.208. The molecule has 3 rings (SSSR count). The zero-order chi connectivity index (χ0) is 22.3. The predicted octanol–water partition coefficient (Wildman–Crippen LogP) is 3.72. The Hall–Kier alpha value is -3.03. The van der Waals surface area contributed by atoms with Crippen molar-refractivity contribution >= 4 is 15.9 Å². The van der Waals surface area contributed by atoms with Crippen molar-refractivity contribution in [3.63, 3.8) is 0 Å². The molecule has 162 valence electrons. The van der Waals surface area contributed by atoms with E-state index in [1.807, 2.05) is 60.7 Å². The van der Waals surface area contributed by atoms with Crippen LogP contribution in [0.3, 0.4) is 0 Å². The van der Waals surface area contributed by atoms with Gasteiger partial charge in [-0.2, -0.15) is 4.31 Å². The van der Waals surface area contributed by atoms with E-state index in [4.69, 9.17) is 0 Å². The lowest BCUT2D eigenvalue weighted by Gasteiger charge is -2.26. The van der Waals surface area contributed by atoms with Crippen LogP contribution in [0.1, 0.15) is 11.1 Å². The van der Waals surface area contributed by atoms with Gasteiger partial charge >= 0.3 is 0 Å². The first-order valence-corrected chi connectivity index (χ1v) is 11.4. The fourth-order valence-corrected chi connectivity index (χ4v) is 4.29. The van der Waals surface area contributed by atoms with Crippen molar-refractivity contribution in [1.29, 1.82) is 0 Å². The summed E-state index contributed by atoms with van der Waals surface area (Å²) < 4.78 is 39.7. The van der Waals surface area contributed by atoms with Crippen LogP contribution in [-0.4, -0.2) is 43.7 Å². The molecule has 0 spiro atoms. The average molecular weight is 441 g/mol. The first kappa shape index (κ1) is 22.7. The SMILES string of the molecule is CN(CC(=O)N(CCc1ccccc1)Cc1ccccc1)S(=O)(=O)c1ccc(F)cc1. The number of hydrogen-bond donors (Lipinski definition) is 0. The summed E-state index contributed by atoms with van der Waals surface area (Å²) in [5, 5.41) is 0. The zero-order valence-electron chi connectivity index (χ0n) is 17.3. The summed E-state index contributed by atoms with van der Waals surface area (Å²) in [6, 6.07) is 24.0. The largest absolute Gasteiger partial charge is 0.337 e. The summed E-state index contributed by atoms with van der Waals surface area (Å²) in [5.74, 6) is -0.819. The lowest BCUT2D eigenvalue weighted by atomic mass is 10.1. The Morgan fingerprint density at radius 1 is 0.839 bits per heavy atom. The van der Waals surface area contributed by atoms with E-state index in [9.17, 15) is 17.6 Å². The molecule has 0 fully saturated rings. The predicted molar refractivity (Wildman–Crippen MR) is 118 cm³/mol.